The number of aryl methyl sites for hydroxylation is 1. The molecule has 33 heavy (non-hydrogen) atoms. The highest BCUT2D eigenvalue weighted by molar-refractivity contribution is 6.08. The number of Topliss-reactive ketones (excluding diaryl/α,β-unsaturated/α-hetero) is 1. The summed E-state index contributed by atoms with van der Waals surface area (Å²) in [6.45, 7) is 1.81. The molecule has 2 atom stereocenters. The standard InChI is InChI=1S/C26H22N2O5/c1-16-9-10-19(28(31)32)14-21(16)27-22-12-18(17-6-3-2-4-7-17)13-23(29)26(22)20(15-25(27)30)24-8-5-11-33-24/h2-11,14,18,20H,12-13,15H2,1H3. The van der Waals surface area contributed by atoms with Crippen molar-refractivity contribution in [2.75, 3.05) is 4.90 Å². The molecule has 0 spiro atoms. The van der Waals surface area contributed by atoms with Gasteiger partial charge < -0.3 is 4.42 Å². The maximum Gasteiger partial charge on any atom is 0.271 e. The Morgan fingerprint density at radius 2 is 1.79 bits per heavy atom. The number of rotatable bonds is 4. The topological polar surface area (TPSA) is 93.7 Å². The maximum atomic E-state index is 13.5. The van der Waals surface area contributed by atoms with Crippen LogP contribution >= 0.6 is 0 Å². The molecule has 1 amide bonds. The molecule has 166 valence electrons. The summed E-state index contributed by atoms with van der Waals surface area (Å²) in [7, 11) is 0. The van der Waals surface area contributed by atoms with Gasteiger partial charge >= 0.3 is 0 Å². The van der Waals surface area contributed by atoms with Gasteiger partial charge in [0.15, 0.2) is 5.78 Å². The predicted molar refractivity (Wildman–Crippen MR) is 122 cm³/mol. The van der Waals surface area contributed by atoms with Crippen molar-refractivity contribution in [3.05, 3.63) is 105 Å². The molecule has 3 aromatic rings. The lowest BCUT2D eigenvalue weighted by Crippen LogP contribution is -2.42. The van der Waals surface area contributed by atoms with Crippen LogP contribution in [0.15, 0.2) is 82.6 Å². The van der Waals surface area contributed by atoms with Gasteiger partial charge in [-0.15, -0.1) is 0 Å². The molecule has 2 aromatic carbocycles. The molecule has 1 aliphatic carbocycles. The lowest BCUT2D eigenvalue weighted by Gasteiger charge is -2.40. The summed E-state index contributed by atoms with van der Waals surface area (Å²) in [4.78, 5) is 39.5. The minimum Gasteiger partial charge on any atom is -0.469 e. The average Bonchev–Trinajstić information content (AvgIpc) is 3.34. The van der Waals surface area contributed by atoms with Crippen molar-refractivity contribution in [2.45, 2.75) is 38.0 Å². The van der Waals surface area contributed by atoms with Crippen LogP contribution in [-0.4, -0.2) is 16.6 Å². The monoisotopic (exact) mass is 442 g/mol. The van der Waals surface area contributed by atoms with Crippen LogP contribution in [0.1, 0.15) is 48.0 Å². The van der Waals surface area contributed by atoms with Gasteiger partial charge in [0.05, 0.1) is 22.8 Å². The third-order valence-corrected chi connectivity index (χ3v) is 6.53. The molecule has 0 bridgehead atoms. The lowest BCUT2D eigenvalue weighted by atomic mass is 9.74. The molecule has 7 nitrogen and oxygen atoms in total. The van der Waals surface area contributed by atoms with E-state index in [-0.39, 0.29) is 29.7 Å². The van der Waals surface area contributed by atoms with Gasteiger partial charge in [-0.3, -0.25) is 24.6 Å². The predicted octanol–water partition coefficient (Wildman–Crippen LogP) is 5.42. The van der Waals surface area contributed by atoms with E-state index in [9.17, 15) is 19.7 Å². The number of amides is 1. The van der Waals surface area contributed by atoms with Crippen molar-refractivity contribution in [1.29, 1.82) is 0 Å². The summed E-state index contributed by atoms with van der Waals surface area (Å²) in [5.74, 6) is -0.186. The van der Waals surface area contributed by atoms with Gasteiger partial charge in [0, 0.05) is 36.2 Å². The molecule has 0 saturated heterocycles. The number of nitro benzene ring substituents is 1. The Kier molecular flexibility index (Phi) is 5.17. The third kappa shape index (κ3) is 3.65. The van der Waals surface area contributed by atoms with Crippen molar-refractivity contribution in [3.63, 3.8) is 0 Å². The fourth-order valence-corrected chi connectivity index (χ4v) is 4.96. The zero-order valence-corrected chi connectivity index (χ0v) is 18.1. The minimum atomic E-state index is -0.475. The number of carbonyl (C=O) groups excluding carboxylic acids is 2. The Labute approximate surface area is 190 Å². The van der Waals surface area contributed by atoms with Crippen LogP contribution in [0.4, 0.5) is 11.4 Å². The van der Waals surface area contributed by atoms with E-state index in [1.54, 1.807) is 18.2 Å². The molecule has 1 aliphatic heterocycles. The van der Waals surface area contributed by atoms with Crippen LogP contribution in [-0.2, 0) is 9.59 Å². The number of furan rings is 1. The SMILES string of the molecule is Cc1ccc([N+](=O)[O-])cc1N1C(=O)CC(c2ccco2)C2=C1CC(c1ccccc1)CC2=O. The van der Waals surface area contributed by atoms with Crippen molar-refractivity contribution in [2.24, 2.45) is 0 Å². The number of non-ortho nitro benzene ring substituents is 1. The number of hydrogen-bond donors (Lipinski definition) is 0. The summed E-state index contributed by atoms with van der Waals surface area (Å²) in [6, 6.07) is 17.8. The van der Waals surface area contributed by atoms with E-state index in [0.717, 1.165) is 11.1 Å². The Morgan fingerprint density at radius 3 is 2.48 bits per heavy atom. The summed E-state index contributed by atoms with van der Waals surface area (Å²) in [5, 5.41) is 11.4. The number of allylic oxidation sites excluding steroid dienone is 2. The molecule has 0 fully saturated rings. The highest BCUT2D eigenvalue weighted by Gasteiger charge is 2.43. The Bertz CT molecular complexity index is 1280. The number of nitro groups is 1. The molecule has 0 saturated carbocycles. The highest BCUT2D eigenvalue weighted by Crippen LogP contribution is 2.47. The summed E-state index contributed by atoms with van der Waals surface area (Å²) >= 11 is 0. The Balaban J connectivity index is 1.68. The number of ketones is 1. The van der Waals surface area contributed by atoms with E-state index in [2.05, 4.69) is 0 Å². The van der Waals surface area contributed by atoms with Crippen molar-refractivity contribution < 1.29 is 18.9 Å². The summed E-state index contributed by atoms with van der Waals surface area (Å²) in [6.07, 6.45) is 2.43. The zero-order valence-electron chi connectivity index (χ0n) is 18.1. The molecule has 0 N–H and O–H groups in total. The molecule has 1 aromatic heterocycles. The summed E-state index contributed by atoms with van der Waals surface area (Å²) < 4.78 is 5.60. The smallest absolute Gasteiger partial charge is 0.271 e. The lowest BCUT2D eigenvalue weighted by molar-refractivity contribution is -0.384. The van der Waals surface area contributed by atoms with Crippen molar-refractivity contribution in [3.8, 4) is 0 Å². The van der Waals surface area contributed by atoms with E-state index in [1.807, 2.05) is 37.3 Å². The number of benzene rings is 2. The van der Waals surface area contributed by atoms with Gasteiger partial charge in [0.2, 0.25) is 5.91 Å². The van der Waals surface area contributed by atoms with E-state index in [1.165, 1.54) is 23.3 Å². The van der Waals surface area contributed by atoms with Crippen LogP contribution < -0.4 is 4.90 Å². The van der Waals surface area contributed by atoms with E-state index in [4.69, 9.17) is 4.42 Å². The largest absolute Gasteiger partial charge is 0.469 e. The molecule has 5 rings (SSSR count). The third-order valence-electron chi connectivity index (χ3n) is 6.53. The average molecular weight is 442 g/mol. The van der Waals surface area contributed by atoms with Gasteiger partial charge in [0.1, 0.15) is 5.76 Å². The maximum absolute atomic E-state index is 13.5. The molecule has 7 heteroatoms. The first kappa shape index (κ1) is 20.9. The van der Waals surface area contributed by atoms with Crippen LogP contribution in [0.3, 0.4) is 0 Å². The van der Waals surface area contributed by atoms with Gasteiger partial charge in [0.25, 0.3) is 5.69 Å². The molecule has 2 unspecified atom stereocenters. The fraction of sp³-hybridized carbons (Fsp3) is 0.231. The summed E-state index contributed by atoms with van der Waals surface area (Å²) in [5.41, 5.74) is 3.29. The van der Waals surface area contributed by atoms with E-state index >= 15 is 0 Å². The second kappa shape index (κ2) is 8.16. The Hall–Kier alpha value is -4.00. The number of hydrogen-bond acceptors (Lipinski definition) is 5. The van der Waals surface area contributed by atoms with Gasteiger partial charge in [-0.25, -0.2) is 0 Å². The number of carbonyl (C=O) groups is 2. The van der Waals surface area contributed by atoms with Crippen molar-refractivity contribution in [1.82, 2.24) is 0 Å². The fourth-order valence-electron chi connectivity index (χ4n) is 4.96. The van der Waals surface area contributed by atoms with Crippen LogP contribution in [0.5, 0.6) is 0 Å². The van der Waals surface area contributed by atoms with Crippen LogP contribution in [0.25, 0.3) is 0 Å². The van der Waals surface area contributed by atoms with Crippen LogP contribution in [0, 0.1) is 17.0 Å². The normalized spacial score (nSPS) is 20.7. The highest BCUT2D eigenvalue weighted by atomic mass is 16.6. The number of anilines is 1. The van der Waals surface area contributed by atoms with Crippen LogP contribution in [0.2, 0.25) is 0 Å². The first-order chi connectivity index (χ1) is 15.9. The molecule has 2 aliphatic rings. The molecule has 2 heterocycles. The second-order valence-electron chi connectivity index (χ2n) is 8.53. The van der Waals surface area contributed by atoms with E-state index < -0.39 is 10.8 Å². The number of nitrogens with zero attached hydrogens (tertiary/aromatic N) is 2. The van der Waals surface area contributed by atoms with Crippen molar-refractivity contribution >= 4 is 23.1 Å². The van der Waals surface area contributed by atoms with Gasteiger partial charge in [-0.1, -0.05) is 36.4 Å². The zero-order chi connectivity index (χ0) is 23.1. The first-order valence-corrected chi connectivity index (χ1v) is 10.9. The van der Waals surface area contributed by atoms with Gasteiger partial charge in [-0.05, 0) is 42.5 Å². The Morgan fingerprint density at radius 1 is 1.00 bits per heavy atom. The minimum absolute atomic E-state index is 0.0212. The van der Waals surface area contributed by atoms with E-state index in [0.29, 0.717) is 35.6 Å². The second-order valence-corrected chi connectivity index (χ2v) is 8.53. The first-order valence-electron chi connectivity index (χ1n) is 10.9. The molecular weight excluding hydrogens is 420 g/mol. The molecular formula is C26H22N2O5. The quantitative estimate of drug-likeness (QED) is 0.397. The molecule has 0 radical (unpaired) electrons. The van der Waals surface area contributed by atoms with Gasteiger partial charge in [-0.2, -0.15) is 0 Å².